The first-order valence-corrected chi connectivity index (χ1v) is 9.82. The van der Waals surface area contributed by atoms with Crippen LogP contribution in [-0.4, -0.2) is 60.2 Å². The number of piperazine rings is 1. The Labute approximate surface area is 170 Å². The molecule has 0 spiro atoms. The number of amides is 3. The predicted octanol–water partition coefficient (Wildman–Crippen LogP) is 2.62. The summed E-state index contributed by atoms with van der Waals surface area (Å²) in [5.74, 6) is 0.0670. The van der Waals surface area contributed by atoms with Crippen molar-refractivity contribution in [1.29, 1.82) is 0 Å². The van der Waals surface area contributed by atoms with Crippen LogP contribution >= 0.6 is 0 Å². The van der Waals surface area contributed by atoms with Gasteiger partial charge in [-0.3, -0.25) is 14.4 Å². The number of hydrogen-bond donors (Lipinski definition) is 0. The molecule has 0 saturated carbocycles. The van der Waals surface area contributed by atoms with Crippen molar-refractivity contribution in [3.63, 3.8) is 0 Å². The molecular weight excluding hydrogens is 370 g/mol. The molecule has 1 saturated heterocycles. The Hall–Kier alpha value is -3.09. The highest BCUT2D eigenvalue weighted by molar-refractivity contribution is 5.93. The van der Waals surface area contributed by atoms with E-state index in [2.05, 4.69) is 6.07 Å². The van der Waals surface area contributed by atoms with E-state index in [0.29, 0.717) is 38.5 Å². The number of furan rings is 1. The molecule has 7 nitrogen and oxygen atoms in total. The summed E-state index contributed by atoms with van der Waals surface area (Å²) >= 11 is 0. The smallest absolute Gasteiger partial charge is 0.289 e. The van der Waals surface area contributed by atoms with E-state index in [9.17, 15) is 14.4 Å². The Morgan fingerprint density at radius 2 is 1.62 bits per heavy atom. The lowest BCUT2D eigenvalue weighted by atomic mass is 10.1. The zero-order valence-electron chi connectivity index (χ0n) is 17.2. The normalized spacial score (nSPS) is 14.0. The Kier molecular flexibility index (Phi) is 6.36. The molecule has 3 rings (SSSR count). The molecule has 7 heteroatoms. The van der Waals surface area contributed by atoms with Crippen LogP contribution < -0.4 is 4.90 Å². The molecule has 0 unspecified atom stereocenters. The Morgan fingerprint density at radius 1 is 1.00 bits per heavy atom. The van der Waals surface area contributed by atoms with Gasteiger partial charge in [0.05, 0.1) is 6.26 Å². The summed E-state index contributed by atoms with van der Waals surface area (Å²) in [4.78, 5) is 42.2. The third-order valence-electron chi connectivity index (χ3n) is 5.10. The van der Waals surface area contributed by atoms with Crippen molar-refractivity contribution in [2.75, 3.05) is 37.6 Å². The average molecular weight is 397 g/mol. The minimum absolute atomic E-state index is 0.00859. The SMILES string of the molecule is CC(=O)N(CCC(=O)N1CCN(C(=O)c2ccco2)CC1)c1cc(C)cc(C)c1. The van der Waals surface area contributed by atoms with Gasteiger partial charge < -0.3 is 19.1 Å². The molecule has 1 aliphatic rings. The van der Waals surface area contributed by atoms with Gasteiger partial charge in [0.15, 0.2) is 5.76 Å². The van der Waals surface area contributed by atoms with E-state index in [1.165, 1.54) is 13.2 Å². The second-order valence-electron chi connectivity index (χ2n) is 7.42. The average Bonchev–Trinajstić information content (AvgIpc) is 3.21. The molecule has 2 heterocycles. The topological polar surface area (TPSA) is 74.1 Å². The maximum absolute atomic E-state index is 12.7. The molecule has 1 aromatic carbocycles. The number of rotatable bonds is 5. The molecule has 1 aliphatic heterocycles. The van der Waals surface area contributed by atoms with Gasteiger partial charge in [-0.15, -0.1) is 0 Å². The summed E-state index contributed by atoms with van der Waals surface area (Å²) in [7, 11) is 0. The van der Waals surface area contributed by atoms with E-state index in [-0.39, 0.29) is 24.1 Å². The summed E-state index contributed by atoms with van der Waals surface area (Å²) in [5, 5.41) is 0. The fraction of sp³-hybridized carbons (Fsp3) is 0.409. The maximum atomic E-state index is 12.7. The lowest BCUT2D eigenvalue weighted by molar-refractivity contribution is -0.132. The van der Waals surface area contributed by atoms with Crippen molar-refractivity contribution < 1.29 is 18.8 Å². The zero-order valence-corrected chi connectivity index (χ0v) is 17.2. The summed E-state index contributed by atoms with van der Waals surface area (Å²) in [5.41, 5.74) is 2.97. The fourth-order valence-corrected chi connectivity index (χ4v) is 3.66. The van der Waals surface area contributed by atoms with Crippen molar-refractivity contribution in [3.8, 4) is 0 Å². The predicted molar refractivity (Wildman–Crippen MR) is 110 cm³/mol. The lowest BCUT2D eigenvalue weighted by Gasteiger charge is -2.34. The molecule has 0 radical (unpaired) electrons. The first kappa shape index (κ1) is 20.6. The van der Waals surface area contributed by atoms with Crippen molar-refractivity contribution in [3.05, 3.63) is 53.5 Å². The van der Waals surface area contributed by atoms with Gasteiger partial charge in [0.1, 0.15) is 0 Å². The molecule has 1 aromatic heterocycles. The van der Waals surface area contributed by atoms with E-state index < -0.39 is 0 Å². The Bertz CT molecular complexity index is 863. The molecular formula is C22H27N3O4. The molecule has 154 valence electrons. The zero-order chi connectivity index (χ0) is 21.0. The third-order valence-corrected chi connectivity index (χ3v) is 5.10. The minimum atomic E-state index is -0.153. The number of carbonyl (C=O) groups is 3. The van der Waals surface area contributed by atoms with Gasteiger partial charge in [0.2, 0.25) is 11.8 Å². The number of nitrogens with zero attached hydrogens (tertiary/aromatic N) is 3. The monoisotopic (exact) mass is 397 g/mol. The van der Waals surface area contributed by atoms with E-state index in [0.717, 1.165) is 16.8 Å². The van der Waals surface area contributed by atoms with Crippen LogP contribution in [0.1, 0.15) is 35.0 Å². The van der Waals surface area contributed by atoms with Crippen LogP contribution in [0.5, 0.6) is 0 Å². The second kappa shape index (κ2) is 8.94. The lowest BCUT2D eigenvalue weighted by Crippen LogP contribution is -2.51. The van der Waals surface area contributed by atoms with Gasteiger partial charge in [0.25, 0.3) is 5.91 Å². The third kappa shape index (κ3) is 5.04. The molecule has 0 atom stereocenters. The highest BCUT2D eigenvalue weighted by Crippen LogP contribution is 2.20. The van der Waals surface area contributed by atoms with Crippen LogP contribution in [0.4, 0.5) is 5.69 Å². The molecule has 0 aliphatic carbocycles. The van der Waals surface area contributed by atoms with Crippen molar-refractivity contribution >= 4 is 23.4 Å². The highest BCUT2D eigenvalue weighted by Gasteiger charge is 2.26. The number of carbonyl (C=O) groups excluding carboxylic acids is 3. The number of anilines is 1. The van der Waals surface area contributed by atoms with Gasteiger partial charge >= 0.3 is 0 Å². The summed E-state index contributed by atoms with van der Waals surface area (Å²) in [6.07, 6.45) is 1.72. The fourth-order valence-electron chi connectivity index (χ4n) is 3.66. The molecule has 0 N–H and O–H groups in total. The standard InChI is InChI=1S/C22H27N3O4/c1-16-13-17(2)15-19(14-16)25(18(3)26)7-6-21(27)23-8-10-24(11-9-23)22(28)20-5-4-12-29-20/h4-5,12-15H,6-11H2,1-3H3. The number of benzene rings is 1. The first-order chi connectivity index (χ1) is 13.8. The van der Waals surface area contributed by atoms with E-state index in [1.807, 2.05) is 26.0 Å². The van der Waals surface area contributed by atoms with Crippen LogP contribution in [0.15, 0.2) is 41.0 Å². The summed E-state index contributed by atoms with van der Waals surface area (Å²) < 4.78 is 5.16. The maximum Gasteiger partial charge on any atom is 0.289 e. The van der Waals surface area contributed by atoms with Crippen LogP contribution in [-0.2, 0) is 9.59 Å². The minimum Gasteiger partial charge on any atom is -0.459 e. The van der Waals surface area contributed by atoms with Gasteiger partial charge in [-0.25, -0.2) is 0 Å². The van der Waals surface area contributed by atoms with Gasteiger partial charge in [-0.05, 0) is 49.2 Å². The van der Waals surface area contributed by atoms with Crippen molar-refractivity contribution in [2.45, 2.75) is 27.2 Å². The Balaban J connectivity index is 1.55. The van der Waals surface area contributed by atoms with Crippen molar-refractivity contribution in [2.24, 2.45) is 0 Å². The molecule has 29 heavy (non-hydrogen) atoms. The summed E-state index contributed by atoms with van der Waals surface area (Å²) in [6.45, 7) is 7.73. The quantitative estimate of drug-likeness (QED) is 0.777. The molecule has 1 fully saturated rings. The summed E-state index contributed by atoms with van der Waals surface area (Å²) in [6, 6.07) is 9.29. The van der Waals surface area contributed by atoms with Crippen molar-refractivity contribution in [1.82, 2.24) is 9.80 Å². The van der Waals surface area contributed by atoms with Gasteiger partial charge in [-0.2, -0.15) is 0 Å². The number of hydrogen-bond acceptors (Lipinski definition) is 4. The Morgan fingerprint density at radius 3 is 2.17 bits per heavy atom. The largest absolute Gasteiger partial charge is 0.459 e. The van der Waals surface area contributed by atoms with Gasteiger partial charge in [0, 0.05) is 51.8 Å². The second-order valence-corrected chi connectivity index (χ2v) is 7.42. The van der Waals surface area contributed by atoms with Crippen LogP contribution in [0.2, 0.25) is 0 Å². The van der Waals surface area contributed by atoms with Crippen LogP contribution in [0, 0.1) is 13.8 Å². The molecule has 3 amide bonds. The van der Waals surface area contributed by atoms with Crippen LogP contribution in [0.3, 0.4) is 0 Å². The van der Waals surface area contributed by atoms with E-state index in [4.69, 9.17) is 4.42 Å². The van der Waals surface area contributed by atoms with E-state index >= 15 is 0 Å². The highest BCUT2D eigenvalue weighted by atomic mass is 16.3. The van der Waals surface area contributed by atoms with Crippen LogP contribution in [0.25, 0.3) is 0 Å². The number of aryl methyl sites for hydroxylation is 2. The van der Waals surface area contributed by atoms with E-state index in [1.54, 1.807) is 26.8 Å². The van der Waals surface area contributed by atoms with Gasteiger partial charge in [-0.1, -0.05) is 6.07 Å². The first-order valence-electron chi connectivity index (χ1n) is 9.82. The molecule has 2 aromatic rings. The molecule has 0 bridgehead atoms.